The van der Waals surface area contributed by atoms with Crippen LogP contribution in [0, 0.1) is 6.92 Å². The minimum absolute atomic E-state index is 0.00862. The van der Waals surface area contributed by atoms with E-state index in [2.05, 4.69) is 5.32 Å². The number of methoxy groups -OCH3 is 2. The second-order valence-electron chi connectivity index (χ2n) is 10.1. The van der Waals surface area contributed by atoms with Crippen molar-refractivity contribution in [2.45, 2.75) is 64.1 Å². The Bertz CT molecular complexity index is 1440. The number of aryl methyl sites for hydroxylation is 1. The number of ether oxygens (including phenoxy) is 2. The zero-order valence-electron chi connectivity index (χ0n) is 25.2. The van der Waals surface area contributed by atoms with Crippen molar-refractivity contribution in [1.29, 1.82) is 0 Å². The van der Waals surface area contributed by atoms with E-state index < -0.39 is 28.5 Å². The van der Waals surface area contributed by atoms with Gasteiger partial charge in [-0.25, -0.2) is 8.42 Å². The van der Waals surface area contributed by atoms with Gasteiger partial charge in [0.05, 0.1) is 24.8 Å². The molecule has 3 aromatic carbocycles. The van der Waals surface area contributed by atoms with Gasteiger partial charge in [0.15, 0.2) is 0 Å². The first-order valence-electron chi connectivity index (χ1n) is 14.0. The summed E-state index contributed by atoms with van der Waals surface area (Å²) >= 11 is 0. The maximum atomic E-state index is 14.3. The quantitative estimate of drug-likeness (QED) is 0.283. The van der Waals surface area contributed by atoms with Crippen LogP contribution in [0.4, 0.5) is 5.69 Å². The lowest BCUT2D eigenvalue weighted by Crippen LogP contribution is -2.53. The number of amides is 2. The predicted molar refractivity (Wildman–Crippen MR) is 164 cm³/mol. The Kier molecular flexibility index (Phi) is 11.4. The highest BCUT2D eigenvalue weighted by molar-refractivity contribution is 7.92. The third-order valence-corrected chi connectivity index (χ3v) is 8.90. The Hall–Kier alpha value is -4.05. The minimum Gasteiger partial charge on any atom is -0.497 e. The second kappa shape index (κ2) is 14.7. The third kappa shape index (κ3) is 7.82. The Morgan fingerprint density at radius 2 is 1.57 bits per heavy atom. The van der Waals surface area contributed by atoms with Crippen molar-refractivity contribution < 1.29 is 27.5 Å². The molecule has 0 aromatic heterocycles. The number of nitrogens with one attached hydrogen (secondary N) is 1. The van der Waals surface area contributed by atoms with Gasteiger partial charge in [-0.05, 0) is 56.5 Å². The summed E-state index contributed by atoms with van der Waals surface area (Å²) in [4.78, 5) is 29.1. The molecule has 0 bridgehead atoms. The maximum absolute atomic E-state index is 14.3. The number of sulfonamides is 1. The van der Waals surface area contributed by atoms with Crippen LogP contribution in [0.2, 0.25) is 0 Å². The van der Waals surface area contributed by atoms with Crippen LogP contribution in [-0.2, 0) is 26.2 Å². The first kappa shape index (κ1) is 32.5. The van der Waals surface area contributed by atoms with Crippen LogP contribution in [0.25, 0.3) is 0 Å². The van der Waals surface area contributed by atoms with Gasteiger partial charge in [-0.1, -0.05) is 61.9 Å². The van der Waals surface area contributed by atoms with Gasteiger partial charge in [-0.3, -0.25) is 13.9 Å². The van der Waals surface area contributed by atoms with Gasteiger partial charge in [-0.2, -0.15) is 0 Å². The maximum Gasteiger partial charge on any atom is 0.264 e. The normalized spacial score (nSPS) is 12.6. The molecule has 0 aliphatic rings. The SMILES string of the molecule is CC[C@@H](C)NC(=O)[C@@H](CC)N(Cc1ccc(C)cc1)C(=O)CN(c1cc(OC)ccc1OC)S(=O)(=O)c1ccccc1. The third-order valence-electron chi connectivity index (χ3n) is 7.13. The van der Waals surface area contributed by atoms with Gasteiger partial charge in [-0.15, -0.1) is 0 Å². The summed E-state index contributed by atoms with van der Waals surface area (Å²) < 4.78 is 40.1. The van der Waals surface area contributed by atoms with E-state index >= 15 is 0 Å². The largest absolute Gasteiger partial charge is 0.497 e. The van der Waals surface area contributed by atoms with E-state index in [-0.39, 0.29) is 34.8 Å². The van der Waals surface area contributed by atoms with E-state index in [1.165, 1.54) is 37.3 Å². The van der Waals surface area contributed by atoms with E-state index in [9.17, 15) is 18.0 Å². The molecule has 0 aliphatic carbocycles. The number of nitrogens with zero attached hydrogens (tertiary/aromatic N) is 2. The van der Waals surface area contributed by atoms with Gasteiger partial charge in [0, 0.05) is 18.7 Å². The lowest BCUT2D eigenvalue weighted by molar-refractivity contribution is -0.140. The van der Waals surface area contributed by atoms with Crippen LogP contribution in [0.5, 0.6) is 11.5 Å². The van der Waals surface area contributed by atoms with E-state index in [1.807, 2.05) is 52.0 Å². The molecule has 2 atom stereocenters. The molecule has 226 valence electrons. The first-order valence-corrected chi connectivity index (χ1v) is 15.4. The average Bonchev–Trinajstić information content (AvgIpc) is 3.00. The first-order chi connectivity index (χ1) is 20.0. The summed E-state index contributed by atoms with van der Waals surface area (Å²) in [7, 11) is -1.35. The van der Waals surface area contributed by atoms with Crippen molar-refractivity contribution in [1.82, 2.24) is 10.2 Å². The Morgan fingerprint density at radius 3 is 2.14 bits per heavy atom. The van der Waals surface area contributed by atoms with Gasteiger partial charge < -0.3 is 19.7 Å². The molecule has 0 unspecified atom stereocenters. The van der Waals surface area contributed by atoms with E-state index in [0.29, 0.717) is 12.2 Å². The van der Waals surface area contributed by atoms with Gasteiger partial charge >= 0.3 is 0 Å². The van der Waals surface area contributed by atoms with Gasteiger partial charge in [0.2, 0.25) is 11.8 Å². The molecule has 0 saturated heterocycles. The molecule has 3 rings (SSSR count). The molecule has 42 heavy (non-hydrogen) atoms. The van der Waals surface area contributed by atoms with E-state index in [0.717, 1.165) is 21.9 Å². The topological polar surface area (TPSA) is 105 Å². The molecule has 1 N–H and O–H groups in total. The van der Waals surface area contributed by atoms with Crippen LogP contribution in [0.3, 0.4) is 0 Å². The predicted octanol–water partition coefficient (Wildman–Crippen LogP) is 4.93. The van der Waals surface area contributed by atoms with E-state index in [4.69, 9.17) is 9.47 Å². The van der Waals surface area contributed by atoms with Gasteiger partial charge in [0.25, 0.3) is 10.0 Å². The summed E-state index contributed by atoms with van der Waals surface area (Å²) in [5, 5.41) is 2.98. The number of rotatable bonds is 14. The lowest BCUT2D eigenvalue weighted by atomic mass is 10.1. The number of hydrogen-bond acceptors (Lipinski definition) is 6. The molecule has 9 nitrogen and oxygen atoms in total. The summed E-state index contributed by atoms with van der Waals surface area (Å²) in [6, 6.07) is 19.4. The lowest BCUT2D eigenvalue weighted by Gasteiger charge is -2.34. The molecule has 10 heteroatoms. The van der Waals surface area contributed by atoms with Gasteiger partial charge in [0.1, 0.15) is 24.1 Å². The van der Waals surface area contributed by atoms with Crippen LogP contribution >= 0.6 is 0 Å². The molecule has 0 heterocycles. The van der Waals surface area contributed by atoms with Crippen LogP contribution < -0.4 is 19.1 Å². The Morgan fingerprint density at radius 1 is 0.905 bits per heavy atom. The van der Waals surface area contributed by atoms with Crippen LogP contribution in [0.1, 0.15) is 44.7 Å². The van der Waals surface area contributed by atoms with Crippen molar-refractivity contribution in [2.24, 2.45) is 0 Å². The van der Waals surface area contributed by atoms with Crippen molar-refractivity contribution in [3.8, 4) is 11.5 Å². The highest BCUT2D eigenvalue weighted by Crippen LogP contribution is 2.36. The molecule has 0 saturated carbocycles. The van der Waals surface area contributed by atoms with Crippen molar-refractivity contribution in [2.75, 3.05) is 25.1 Å². The monoisotopic (exact) mass is 595 g/mol. The van der Waals surface area contributed by atoms with Crippen molar-refractivity contribution >= 4 is 27.5 Å². The zero-order chi connectivity index (χ0) is 30.9. The van der Waals surface area contributed by atoms with E-state index in [1.54, 1.807) is 30.3 Å². The fourth-order valence-corrected chi connectivity index (χ4v) is 5.91. The summed E-state index contributed by atoms with van der Waals surface area (Å²) in [5.41, 5.74) is 2.02. The fraction of sp³-hybridized carbons (Fsp3) is 0.375. The summed E-state index contributed by atoms with van der Waals surface area (Å²) in [5.74, 6) is -0.188. The molecule has 2 amide bonds. The number of anilines is 1. The standard InChI is InChI=1S/C32H41N3O6S/c1-7-24(4)33-32(37)28(8-2)34(21-25-16-14-23(3)15-17-25)31(36)22-35(42(38,39)27-12-10-9-11-13-27)29-20-26(40-5)18-19-30(29)41-6/h9-20,24,28H,7-8,21-22H2,1-6H3,(H,33,37)/t24-,28-/m1/s1. The smallest absolute Gasteiger partial charge is 0.264 e. The summed E-state index contributed by atoms with van der Waals surface area (Å²) in [6.07, 6.45) is 1.07. The molecule has 0 aliphatic heterocycles. The molecule has 0 fully saturated rings. The number of carbonyl (C=O) groups excluding carboxylic acids is 2. The van der Waals surface area contributed by atoms with Crippen molar-refractivity contribution in [3.63, 3.8) is 0 Å². The molecule has 3 aromatic rings. The van der Waals surface area contributed by atoms with Crippen molar-refractivity contribution in [3.05, 3.63) is 83.9 Å². The Balaban J connectivity index is 2.13. The second-order valence-corrected chi connectivity index (χ2v) is 12.0. The number of benzene rings is 3. The molecular weight excluding hydrogens is 554 g/mol. The summed E-state index contributed by atoms with van der Waals surface area (Å²) in [6.45, 7) is 7.23. The number of hydrogen-bond donors (Lipinski definition) is 1. The average molecular weight is 596 g/mol. The molecular formula is C32H41N3O6S. The zero-order valence-corrected chi connectivity index (χ0v) is 26.0. The number of carbonyl (C=O) groups is 2. The van der Waals surface area contributed by atoms with Crippen LogP contribution in [-0.4, -0.2) is 58.0 Å². The minimum atomic E-state index is -4.24. The fourth-order valence-electron chi connectivity index (χ4n) is 4.48. The Labute approximate surface area is 249 Å². The highest BCUT2D eigenvalue weighted by atomic mass is 32.2. The highest BCUT2D eigenvalue weighted by Gasteiger charge is 2.35. The molecule has 0 radical (unpaired) electrons. The van der Waals surface area contributed by atoms with Crippen LogP contribution in [0.15, 0.2) is 77.7 Å². The molecule has 0 spiro atoms.